The fourth-order valence-corrected chi connectivity index (χ4v) is 4.35. The molecule has 3 rings (SSSR count). The highest BCUT2D eigenvalue weighted by Crippen LogP contribution is 2.30. The first-order valence-electron chi connectivity index (χ1n) is 9.38. The molecule has 0 saturated carbocycles. The number of fused-ring (bicyclic) bond motifs is 1. The second kappa shape index (κ2) is 9.27. The van der Waals surface area contributed by atoms with Crippen molar-refractivity contribution in [3.05, 3.63) is 66.2 Å². The summed E-state index contributed by atoms with van der Waals surface area (Å²) in [5.41, 5.74) is 0.307. The number of rotatable bonds is 7. The molecule has 7 nitrogen and oxygen atoms in total. The largest absolute Gasteiger partial charge is 0.377 e. The maximum Gasteiger partial charge on any atom is 0.319 e. The van der Waals surface area contributed by atoms with Crippen molar-refractivity contribution in [3.8, 4) is 0 Å². The summed E-state index contributed by atoms with van der Waals surface area (Å²) in [6, 6.07) is 12.8. The van der Waals surface area contributed by atoms with Gasteiger partial charge in [0, 0.05) is 43.6 Å². The number of sulfonamides is 1. The highest BCUT2D eigenvalue weighted by atomic mass is 32.2. The van der Waals surface area contributed by atoms with Gasteiger partial charge in [-0.3, -0.25) is 0 Å². The molecule has 0 atom stereocenters. The van der Waals surface area contributed by atoms with Crippen molar-refractivity contribution >= 4 is 38.2 Å². The zero-order valence-corrected chi connectivity index (χ0v) is 17.8. The van der Waals surface area contributed by atoms with E-state index in [-0.39, 0.29) is 18.0 Å². The van der Waals surface area contributed by atoms with Gasteiger partial charge >= 0.3 is 6.03 Å². The van der Waals surface area contributed by atoms with Crippen LogP contribution in [0.1, 0.15) is 0 Å². The van der Waals surface area contributed by atoms with E-state index in [0.29, 0.717) is 5.39 Å². The number of halogens is 2. The Bertz CT molecular complexity index is 1200. The summed E-state index contributed by atoms with van der Waals surface area (Å²) in [7, 11) is -0.114. The molecule has 0 aromatic heterocycles. The van der Waals surface area contributed by atoms with Crippen LogP contribution in [0.25, 0.3) is 10.8 Å². The average molecular weight is 448 g/mol. The second-order valence-corrected chi connectivity index (χ2v) is 8.63. The van der Waals surface area contributed by atoms with Crippen molar-refractivity contribution in [2.45, 2.75) is 4.90 Å². The zero-order chi connectivity index (χ0) is 22.6. The minimum absolute atomic E-state index is 0.0884. The number of para-hydroxylation sites is 1. The van der Waals surface area contributed by atoms with E-state index in [0.717, 1.165) is 23.2 Å². The van der Waals surface area contributed by atoms with Crippen LogP contribution in [0, 0.1) is 11.6 Å². The fraction of sp³-hybridized carbons (Fsp3) is 0.190. The van der Waals surface area contributed by atoms with E-state index in [1.807, 2.05) is 31.1 Å². The Labute approximate surface area is 179 Å². The summed E-state index contributed by atoms with van der Waals surface area (Å²) >= 11 is 0. The van der Waals surface area contributed by atoms with E-state index >= 15 is 0 Å². The first-order valence-corrected chi connectivity index (χ1v) is 10.9. The highest BCUT2D eigenvalue weighted by molar-refractivity contribution is 7.89. The predicted molar refractivity (Wildman–Crippen MR) is 117 cm³/mol. The van der Waals surface area contributed by atoms with Crippen molar-refractivity contribution in [2.75, 3.05) is 37.4 Å². The number of nitrogens with zero attached hydrogens (tertiary/aromatic N) is 1. The molecule has 3 N–H and O–H groups in total. The molecule has 2 amide bonds. The van der Waals surface area contributed by atoms with Crippen molar-refractivity contribution in [2.24, 2.45) is 0 Å². The molecule has 31 heavy (non-hydrogen) atoms. The van der Waals surface area contributed by atoms with Gasteiger partial charge in [0.1, 0.15) is 17.3 Å². The van der Waals surface area contributed by atoms with Gasteiger partial charge < -0.3 is 15.5 Å². The number of hydrogen-bond donors (Lipinski definition) is 3. The lowest BCUT2D eigenvalue weighted by Gasteiger charge is -2.17. The Hall–Kier alpha value is -3.24. The van der Waals surface area contributed by atoms with E-state index < -0.39 is 33.4 Å². The third-order valence-corrected chi connectivity index (χ3v) is 6.05. The van der Waals surface area contributed by atoms with Crippen molar-refractivity contribution in [1.82, 2.24) is 10.0 Å². The maximum atomic E-state index is 13.6. The topological polar surface area (TPSA) is 90.5 Å². The zero-order valence-electron chi connectivity index (χ0n) is 16.9. The lowest BCUT2D eigenvalue weighted by molar-refractivity contribution is 0.252. The van der Waals surface area contributed by atoms with E-state index in [4.69, 9.17) is 0 Å². The predicted octanol–water partition coefficient (Wildman–Crippen LogP) is 3.28. The summed E-state index contributed by atoms with van der Waals surface area (Å²) < 4.78 is 55.2. The first kappa shape index (κ1) is 22.4. The highest BCUT2D eigenvalue weighted by Gasteiger charge is 2.18. The van der Waals surface area contributed by atoms with Crippen LogP contribution in [0.3, 0.4) is 0 Å². The van der Waals surface area contributed by atoms with Crippen molar-refractivity contribution < 1.29 is 22.0 Å². The molecular weight excluding hydrogens is 426 g/mol. The van der Waals surface area contributed by atoms with Crippen LogP contribution in [-0.2, 0) is 10.0 Å². The summed E-state index contributed by atoms with van der Waals surface area (Å²) in [5, 5.41) is 5.78. The molecule has 0 fully saturated rings. The quantitative estimate of drug-likeness (QED) is 0.484. The Kier molecular flexibility index (Phi) is 6.71. The Morgan fingerprint density at radius 1 is 0.903 bits per heavy atom. The van der Waals surface area contributed by atoms with E-state index in [1.54, 1.807) is 18.2 Å². The minimum atomic E-state index is -3.86. The number of amides is 2. The van der Waals surface area contributed by atoms with Gasteiger partial charge in [0.2, 0.25) is 10.0 Å². The van der Waals surface area contributed by atoms with Crippen LogP contribution in [-0.4, -0.2) is 41.6 Å². The fourth-order valence-electron chi connectivity index (χ4n) is 3.10. The van der Waals surface area contributed by atoms with E-state index in [2.05, 4.69) is 15.4 Å². The number of anilines is 2. The summed E-state index contributed by atoms with van der Waals surface area (Å²) in [6.07, 6.45) is 0. The first-order chi connectivity index (χ1) is 14.7. The molecule has 0 aliphatic carbocycles. The summed E-state index contributed by atoms with van der Waals surface area (Å²) in [4.78, 5) is 13.9. The van der Waals surface area contributed by atoms with Gasteiger partial charge in [0.05, 0.1) is 4.90 Å². The van der Waals surface area contributed by atoms with Crippen LogP contribution in [0.15, 0.2) is 59.5 Å². The molecule has 0 saturated heterocycles. The van der Waals surface area contributed by atoms with Gasteiger partial charge in [-0.1, -0.05) is 30.3 Å². The molecule has 0 unspecified atom stereocenters. The normalized spacial score (nSPS) is 11.4. The van der Waals surface area contributed by atoms with Crippen LogP contribution in [0.4, 0.5) is 25.0 Å². The molecule has 0 radical (unpaired) electrons. The maximum absolute atomic E-state index is 13.6. The number of carbonyl (C=O) groups excluding carboxylic acids is 1. The summed E-state index contributed by atoms with van der Waals surface area (Å²) in [5.74, 6) is -1.83. The third-order valence-electron chi connectivity index (χ3n) is 4.53. The van der Waals surface area contributed by atoms with Crippen LogP contribution < -0.4 is 20.3 Å². The monoisotopic (exact) mass is 448 g/mol. The van der Waals surface area contributed by atoms with Gasteiger partial charge in [0.25, 0.3) is 0 Å². The molecule has 3 aromatic rings. The minimum Gasteiger partial charge on any atom is -0.377 e. The molecule has 3 aromatic carbocycles. The Morgan fingerprint density at radius 2 is 1.52 bits per heavy atom. The number of urea groups is 1. The lowest BCUT2D eigenvalue weighted by Crippen LogP contribution is -2.37. The average Bonchev–Trinajstić information content (AvgIpc) is 2.73. The van der Waals surface area contributed by atoms with Crippen molar-refractivity contribution in [3.63, 3.8) is 0 Å². The SMILES string of the molecule is CN(C)c1cccc2c(S(=O)(=O)NCCNC(=O)Nc3c(F)cccc3F)cccc12. The van der Waals surface area contributed by atoms with E-state index in [1.165, 1.54) is 12.1 Å². The number of nitrogens with one attached hydrogen (secondary N) is 3. The molecule has 164 valence electrons. The van der Waals surface area contributed by atoms with Crippen LogP contribution in [0.2, 0.25) is 0 Å². The number of hydrogen-bond acceptors (Lipinski definition) is 4. The van der Waals surface area contributed by atoms with E-state index in [9.17, 15) is 22.0 Å². The molecule has 0 aliphatic heterocycles. The Morgan fingerprint density at radius 3 is 2.19 bits per heavy atom. The summed E-state index contributed by atoms with van der Waals surface area (Å²) in [6.45, 7) is -0.200. The van der Waals surface area contributed by atoms with Gasteiger partial charge in [-0.25, -0.2) is 26.7 Å². The molecule has 0 aliphatic rings. The standard InChI is InChI=1S/C21H22F2N4O3S/c1-27(2)18-10-3-7-15-14(18)6-4-11-19(15)31(29,30)25-13-12-24-21(28)26-20-16(22)8-5-9-17(20)23/h3-11,25H,12-13H2,1-2H3,(H2,24,26,28). The van der Waals surface area contributed by atoms with Gasteiger partial charge in [-0.15, -0.1) is 0 Å². The molecule has 0 spiro atoms. The Balaban J connectivity index is 1.65. The molecule has 0 bridgehead atoms. The van der Waals surface area contributed by atoms with Gasteiger partial charge in [0.15, 0.2) is 0 Å². The third kappa shape index (κ3) is 5.09. The second-order valence-electron chi connectivity index (χ2n) is 6.90. The van der Waals surface area contributed by atoms with Crippen LogP contribution in [0.5, 0.6) is 0 Å². The molecule has 10 heteroatoms. The smallest absolute Gasteiger partial charge is 0.319 e. The van der Waals surface area contributed by atoms with Crippen LogP contribution >= 0.6 is 0 Å². The molecule has 0 heterocycles. The molecular formula is C21H22F2N4O3S. The number of benzene rings is 3. The van der Waals surface area contributed by atoms with Gasteiger partial charge in [-0.2, -0.15) is 0 Å². The number of carbonyl (C=O) groups is 1. The lowest BCUT2D eigenvalue weighted by atomic mass is 10.1. The van der Waals surface area contributed by atoms with Crippen molar-refractivity contribution in [1.29, 1.82) is 0 Å². The van der Waals surface area contributed by atoms with Gasteiger partial charge in [-0.05, 0) is 24.3 Å².